The van der Waals surface area contributed by atoms with Crippen LogP contribution in [0, 0.1) is 28.9 Å². The first-order valence-corrected chi connectivity index (χ1v) is 5.88. The lowest BCUT2D eigenvalue weighted by Crippen LogP contribution is -2.20. The number of ether oxygens (including phenoxy) is 1. The van der Waals surface area contributed by atoms with Crippen LogP contribution in [0.3, 0.4) is 0 Å². The average molecular weight is 277 g/mol. The van der Waals surface area contributed by atoms with Gasteiger partial charge in [-0.25, -0.2) is 4.98 Å². The van der Waals surface area contributed by atoms with Gasteiger partial charge in [-0.3, -0.25) is 14.9 Å². The number of pyridine rings is 1. The van der Waals surface area contributed by atoms with Crippen LogP contribution >= 0.6 is 0 Å². The largest absolute Gasteiger partial charge is 0.476 e. The van der Waals surface area contributed by atoms with E-state index < -0.39 is 4.92 Å². The van der Waals surface area contributed by atoms with E-state index in [1.54, 1.807) is 6.92 Å². The second-order valence-corrected chi connectivity index (χ2v) is 3.95. The predicted molar refractivity (Wildman–Crippen MR) is 72.4 cm³/mol. The molecule has 0 aromatic carbocycles. The van der Waals surface area contributed by atoms with Gasteiger partial charge in [0.1, 0.15) is 0 Å². The average Bonchev–Trinajstić information content (AvgIpc) is 2.38. The van der Waals surface area contributed by atoms with Gasteiger partial charge in [0.15, 0.2) is 0 Å². The summed E-state index contributed by atoms with van der Waals surface area (Å²) >= 11 is 0. The van der Waals surface area contributed by atoms with Crippen molar-refractivity contribution in [2.45, 2.75) is 20.3 Å². The van der Waals surface area contributed by atoms with E-state index in [9.17, 15) is 14.9 Å². The number of hydrogen-bond donors (Lipinski definition) is 1. The maximum Gasteiger partial charge on any atom is 0.335 e. The first kappa shape index (κ1) is 15.4. The maximum absolute atomic E-state index is 11.0. The number of nitrogens with zero attached hydrogens (tertiary/aromatic N) is 2. The molecule has 0 bridgehead atoms. The van der Waals surface area contributed by atoms with Crippen LogP contribution in [0.1, 0.15) is 24.5 Å². The molecule has 1 N–H and O–H groups in total. The van der Waals surface area contributed by atoms with Gasteiger partial charge in [-0.2, -0.15) is 0 Å². The van der Waals surface area contributed by atoms with Crippen molar-refractivity contribution >= 4 is 11.6 Å². The number of carbonyl (C=O) groups is 1. The molecular formula is C13H15N3O4. The molecule has 0 spiro atoms. The minimum atomic E-state index is -0.538. The van der Waals surface area contributed by atoms with Gasteiger partial charge in [0, 0.05) is 31.6 Å². The van der Waals surface area contributed by atoms with E-state index in [1.807, 2.05) is 0 Å². The predicted octanol–water partition coefficient (Wildman–Crippen LogP) is 1.18. The zero-order valence-corrected chi connectivity index (χ0v) is 11.5. The van der Waals surface area contributed by atoms with E-state index in [4.69, 9.17) is 4.74 Å². The SMILES string of the molecule is COc1ncc(C#CCCNC(C)=O)c(C)c1[N+](=O)[O-]. The highest BCUT2D eigenvalue weighted by Crippen LogP contribution is 2.29. The van der Waals surface area contributed by atoms with Crippen molar-refractivity contribution in [3.63, 3.8) is 0 Å². The number of nitro groups is 1. The quantitative estimate of drug-likeness (QED) is 0.386. The summed E-state index contributed by atoms with van der Waals surface area (Å²) in [6, 6.07) is 0. The third kappa shape index (κ3) is 3.95. The molecule has 0 aliphatic heterocycles. The fourth-order valence-corrected chi connectivity index (χ4v) is 1.52. The molecule has 1 rings (SSSR count). The van der Waals surface area contributed by atoms with E-state index in [1.165, 1.54) is 20.2 Å². The Bertz CT molecular complexity index is 587. The standard InChI is InChI=1S/C13H15N3O4/c1-9-11(6-4-5-7-14-10(2)17)8-15-13(20-3)12(9)16(18)19/h8H,5,7H2,1-3H3,(H,14,17). The van der Waals surface area contributed by atoms with Crippen LogP contribution in [0.2, 0.25) is 0 Å². The molecular weight excluding hydrogens is 262 g/mol. The van der Waals surface area contributed by atoms with Crippen molar-refractivity contribution < 1.29 is 14.5 Å². The van der Waals surface area contributed by atoms with E-state index >= 15 is 0 Å². The van der Waals surface area contributed by atoms with Crippen molar-refractivity contribution in [3.8, 4) is 17.7 Å². The van der Waals surface area contributed by atoms with Crippen LogP contribution in [0.15, 0.2) is 6.20 Å². The highest BCUT2D eigenvalue weighted by molar-refractivity contribution is 5.72. The number of rotatable bonds is 4. The fourth-order valence-electron chi connectivity index (χ4n) is 1.52. The number of methoxy groups -OCH3 is 1. The Morgan fingerprint density at radius 3 is 2.85 bits per heavy atom. The van der Waals surface area contributed by atoms with Crippen molar-refractivity contribution in [1.29, 1.82) is 0 Å². The van der Waals surface area contributed by atoms with E-state index in [0.717, 1.165) is 0 Å². The lowest BCUT2D eigenvalue weighted by atomic mass is 10.1. The van der Waals surface area contributed by atoms with Crippen LogP contribution < -0.4 is 10.1 Å². The summed E-state index contributed by atoms with van der Waals surface area (Å²) in [5.74, 6) is 5.49. The summed E-state index contributed by atoms with van der Waals surface area (Å²) in [5, 5.41) is 13.6. The minimum absolute atomic E-state index is 0.0312. The smallest absolute Gasteiger partial charge is 0.335 e. The monoisotopic (exact) mass is 277 g/mol. The first-order chi connectivity index (χ1) is 9.47. The van der Waals surface area contributed by atoms with Crippen LogP contribution in [0.25, 0.3) is 0 Å². The highest BCUT2D eigenvalue weighted by atomic mass is 16.6. The number of hydrogen-bond acceptors (Lipinski definition) is 5. The topological polar surface area (TPSA) is 94.4 Å². The van der Waals surface area contributed by atoms with Gasteiger partial charge in [0.25, 0.3) is 5.88 Å². The molecule has 1 aromatic rings. The Morgan fingerprint density at radius 2 is 2.30 bits per heavy atom. The Kier molecular flexibility index (Phi) is 5.47. The molecule has 0 atom stereocenters. The Hall–Kier alpha value is -2.62. The first-order valence-electron chi connectivity index (χ1n) is 5.88. The molecule has 7 nitrogen and oxygen atoms in total. The number of amides is 1. The van der Waals surface area contributed by atoms with Gasteiger partial charge < -0.3 is 10.1 Å². The molecule has 1 amide bonds. The second kappa shape index (κ2) is 7.09. The highest BCUT2D eigenvalue weighted by Gasteiger charge is 2.21. The minimum Gasteiger partial charge on any atom is -0.476 e. The van der Waals surface area contributed by atoms with E-state index in [0.29, 0.717) is 24.1 Å². The third-order valence-corrected chi connectivity index (χ3v) is 2.50. The summed E-state index contributed by atoms with van der Waals surface area (Å²) in [6.07, 6.45) is 1.89. The molecule has 1 heterocycles. The van der Waals surface area contributed by atoms with Crippen LogP contribution in [0.5, 0.6) is 5.88 Å². The van der Waals surface area contributed by atoms with Crippen LogP contribution in [-0.4, -0.2) is 29.5 Å². The van der Waals surface area contributed by atoms with Gasteiger partial charge in [0.2, 0.25) is 5.91 Å². The Labute approximate surface area is 116 Å². The number of aromatic nitrogens is 1. The zero-order valence-electron chi connectivity index (χ0n) is 11.5. The van der Waals surface area contributed by atoms with Gasteiger partial charge in [-0.1, -0.05) is 11.8 Å². The van der Waals surface area contributed by atoms with Crippen LogP contribution in [0.4, 0.5) is 5.69 Å². The molecule has 20 heavy (non-hydrogen) atoms. The summed E-state index contributed by atoms with van der Waals surface area (Å²) in [6.45, 7) is 3.46. The summed E-state index contributed by atoms with van der Waals surface area (Å²) in [4.78, 5) is 25.0. The van der Waals surface area contributed by atoms with Crippen molar-refractivity contribution in [3.05, 3.63) is 27.4 Å². The van der Waals surface area contributed by atoms with Crippen molar-refractivity contribution in [2.75, 3.05) is 13.7 Å². The second-order valence-electron chi connectivity index (χ2n) is 3.95. The molecule has 7 heteroatoms. The lowest BCUT2D eigenvalue weighted by molar-refractivity contribution is -0.386. The maximum atomic E-state index is 11.0. The fraction of sp³-hybridized carbons (Fsp3) is 0.385. The van der Waals surface area contributed by atoms with Crippen LogP contribution in [-0.2, 0) is 4.79 Å². The molecule has 0 radical (unpaired) electrons. The molecule has 1 aromatic heterocycles. The zero-order chi connectivity index (χ0) is 15.1. The lowest BCUT2D eigenvalue weighted by Gasteiger charge is -2.04. The molecule has 0 aliphatic carbocycles. The summed E-state index contributed by atoms with van der Waals surface area (Å²) in [5.41, 5.74) is 0.704. The number of carbonyl (C=O) groups excluding carboxylic acids is 1. The van der Waals surface area contributed by atoms with Gasteiger partial charge in [-0.05, 0) is 6.92 Å². The molecule has 0 unspecified atom stereocenters. The van der Waals surface area contributed by atoms with Crippen molar-refractivity contribution in [2.24, 2.45) is 0 Å². The molecule has 0 aliphatic rings. The van der Waals surface area contributed by atoms with E-state index in [-0.39, 0.29) is 17.5 Å². The van der Waals surface area contributed by atoms with Gasteiger partial charge in [-0.15, -0.1) is 0 Å². The van der Waals surface area contributed by atoms with Gasteiger partial charge in [0.05, 0.1) is 17.6 Å². The summed E-state index contributed by atoms with van der Waals surface area (Å²) in [7, 11) is 1.33. The Balaban J connectivity index is 2.92. The third-order valence-electron chi connectivity index (χ3n) is 2.50. The summed E-state index contributed by atoms with van der Waals surface area (Å²) < 4.78 is 4.86. The molecule has 0 saturated carbocycles. The van der Waals surface area contributed by atoms with Crippen molar-refractivity contribution in [1.82, 2.24) is 10.3 Å². The van der Waals surface area contributed by atoms with Gasteiger partial charge >= 0.3 is 5.69 Å². The molecule has 0 saturated heterocycles. The Morgan fingerprint density at radius 1 is 1.60 bits per heavy atom. The molecule has 0 fully saturated rings. The van der Waals surface area contributed by atoms with E-state index in [2.05, 4.69) is 22.1 Å². The normalized spacial score (nSPS) is 9.35. The molecule has 106 valence electrons. The number of nitrogens with one attached hydrogen (secondary N) is 1.